The molecule has 0 radical (unpaired) electrons. The number of carbonyl (C=O) groups is 1. The molecule has 6 nitrogen and oxygen atoms in total. The molecule has 23 heavy (non-hydrogen) atoms. The quantitative estimate of drug-likeness (QED) is 0.800. The van der Waals surface area contributed by atoms with E-state index in [9.17, 15) is 13.6 Å². The molecule has 3 rings (SSSR count). The number of rotatable bonds is 4. The molecule has 8 heteroatoms. The van der Waals surface area contributed by atoms with E-state index in [0.717, 1.165) is 6.07 Å². The third-order valence-electron chi connectivity index (χ3n) is 3.13. The Morgan fingerprint density at radius 1 is 1.17 bits per heavy atom. The van der Waals surface area contributed by atoms with Gasteiger partial charge in [-0.05, 0) is 34.7 Å². The van der Waals surface area contributed by atoms with E-state index < -0.39 is 17.5 Å². The topological polar surface area (TPSA) is 72.7 Å². The summed E-state index contributed by atoms with van der Waals surface area (Å²) in [6.45, 7) is 0. The number of tetrazole rings is 1. The molecule has 0 aliphatic carbocycles. The van der Waals surface area contributed by atoms with Gasteiger partial charge in [0.25, 0.3) is 0 Å². The number of carbonyl (C=O) groups excluding carboxylic acids is 1. The van der Waals surface area contributed by atoms with Crippen molar-refractivity contribution >= 4 is 11.6 Å². The Balaban J connectivity index is 1.73. The molecular weight excluding hydrogens is 304 g/mol. The van der Waals surface area contributed by atoms with Crippen LogP contribution in [0, 0.1) is 11.6 Å². The van der Waals surface area contributed by atoms with Crippen LogP contribution in [0.5, 0.6) is 0 Å². The molecule has 0 unspecified atom stereocenters. The second kappa shape index (κ2) is 6.30. The lowest BCUT2D eigenvalue weighted by Gasteiger charge is -2.08. The Kier molecular flexibility index (Phi) is 4.05. The standard InChI is InChI=1S/C15H11F2N5O/c16-13-6-1-3-10(15(13)17)7-14(23)19-11-4-2-5-12(8-11)22-9-18-20-21-22/h1-6,8-9H,7H2,(H,19,23). The van der Waals surface area contributed by atoms with Gasteiger partial charge in [0.2, 0.25) is 5.91 Å². The van der Waals surface area contributed by atoms with Crippen molar-refractivity contribution in [2.75, 3.05) is 5.32 Å². The first-order valence-corrected chi connectivity index (χ1v) is 6.69. The van der Waals surface area contributed by atoms with Crippen LogP contribution in [0.25, 0.3) is 5.69 Å². The van der Waals surface area contributed by atoms with Crippen LogP contribution in [0.3, 0.4) is 0 Å². The Hall–Kier alpha value is -3.16. The number of amides is 1. The first-order valence-electron chi connectivity index (χ1n) is 6.69. The summed E-state index contributed by atoms with van der Waals surface area (Å²) in [6.07, 6.45) is 1.15. The number of nitrogens with zero attached hydrogens (tertiary/aromatic N) is 4. The van der Waals surface area contributed by atoms with Crippen LogP contribution in [0.4, 0.5) is 14.5 Å². The van der Waals surface area contributed by atoms with E-state index in [1.54, 1.807) is 24.3 Å². The van der Waals surface area contributed by atoms with Gasteiger partial charge in [-0.3, -0.25) is 4.79 Å². The number of anilines is 1. The fraction of sp³-hybridized carbons (Fsp3) is 0.0667. The first-order chi connectivity index (χ1) is 11.1. The van der Waals surface area contributed by atoms with Crippen molar-refractivity contribution < 1.29 is 13.6 Å². The molecule has 0 aliphatic heterocycles. The van der Waals surface area contributed by atoms with E-state index in [2.05, 4.69) is 20.8 Å². The number of hydrogen-bond donors (Lipinski definition) is 1. The van der Waals surface area contributed by atoms with Gasteiger partial charge in [-0.1, -0.05) is 18.2 Å². The van der Waals surface area contributed by atoms with Crippen molar-refractivity contribution in [1.82, 2.24) is 20.2 Å². The van der Waals surface area contributed by atoms with Crippen LogP contribution in [0.15, 0.2) is 48.8 Å². The summed E-state index contributed by atoms with van der Waals surface area (Å²) in [6, 6.07) is 10.6. The molecule has 0 saturated heterocycles. The van der Waals surface area contributed by atoms with Crippen LogP contribution < -0.4 is 5.32 Å². The van der Waals surface area contributed by atoms with Crippen LogP contribution in [-0.2, 0) is 11.2 Å². The van der Waals surface area contributed by atoms with Crippen molar-refractivity contribution in [3.63, 3.8) is 0 Å². The Labute approximate surface area is 129 Å². The normalized spacial score (nSPS) is 10.5. The van der Waals surface area contributed by atoms with Gasteiger partial charge in [0.15, 0.2) is 11.6 Å². The van der Waals surface area contributed by atoms with E-state index in [0.29, 0.717) is 11.4 Å². The highest BCUT2D eigenvalue weighted by atomic mass is 19.2. The van der Waals surface area contributed by atoms with E-state index in [4.69, 9.17) is 0 Å². The number of halogens is 2. The molecule has 0 spiro atoms. The van der Waals surface area contributed by atoms with Crippen molar-refractivity contribution in [3.8, 4) is 5.69 Å². The van der Waals surface area contributed by atoms with Crippen LogP contribution >= 0.6 is 0 Å². The van der Waals surface area contributed by atoms with E-state index in [1.807, 2.05) is 0 Å². The number of hydrogen-bond acceptors (Lipinski definition) is 4. The van der Waals surface area contributed by atoms with Crippen LogP contribution in [0.1, 0.15) is 5.56 Å². The molecule has 0 saturated carbocycles. The molecule has 1 heterocycles. The van der Waals surface area contributed by atoms with Crippen molar-refractivity contribution in [1.29, 1.82) is 0 Å². The molecule has 0 atom stereocenters. The second-order valence-corrected chi connectivity index (χ2v) is 4.74. The maximum Gasteiger partial charge on any atom is 0.228 e. The van der Waals surface area contributed by atoms with Crippen LogP contribution in [0.2, 0.25) is 0 Å². The van der Waals surface area contributed by atoms with E-state index in [-0.39, 0.29) is 12.0 Å². The molecule has 1 aromatic heterocycles. The third-order valence-corrected chi connectivity index (χ3v) is 3.13. The van der Waals surface area contributed by atoms with E-state index >= 15 is 0 Å². The van der Waals surface area contributed by atoms with Crippen molar-refractivity contribution in [3.05, 3.63) is 66.0 Å². The highest BCUT2D eigenvalue weighted by Crippen LogP contribution is 2.15. The lowest BCUT2D eigenvalue weighted by atomic mass is 10.1. The molecule has 0 aliphatic rings. The van der Waals surface area contributed by atoms with Gasteiger partial charge >= 0.3 is 0 Å². The van der Waals surface area contributed by atoms with Crippen molar-refractivity contribution in [2.45, 2.75) is 6.42 Å². The monoisotopic (exact) mass is 315 g/mol. The van der Waals surface area contributed by atoms with Gasteiger partial charge in [0.05, 0.1) is 12.1 Å². The Morgan fingerprint density at radius 2 is 2.00 bits per heavy atom. The molecule has 0 bridgehead atoms. The fourth-order valence-corrected chi connectivity index (χ4v) is 2.07. The Bertz CT molecular complexity index is 836. The number of aromatic nitrogens is 4. The largest absolute Gasteiger partial charge is 0.326 e. The van der Waals surface area contributed by atoms with Gasteiger partial charge < -0.3 is 5.32 Å². The SMILES string of the molecule is O=C(Cc1cccc(F)c1F)Nc1cccc(-n2cnnn2)c1. The summed E-state index contributed by atoms with van der Waals surface area (Å²) >= 11 is 0. The third kappa shape index (κ3) is 3.37. The average molecular weight is 315 g/mol. The number of nitrogens with one attached hydrogen (secondary N) is 1. The minimum Gasteiger partial charge on any atom is -0.326 e. The maximum absolute atomic E-state index is 13.6. The lowest BCUT2D eigenvalue weighted by molar-refractivity contribution is -0.115. The van der Waals surface area contributed by atoms with Gasteiger partial charge in [0, 0.05) is 11.3 Å². The summed E-state index contributed by atoms with van der Waals surface area (Å²) in [5.41, 5.74) is 1.16. The van der Waals surface area contributed by atoms with Crippen molar-refractivity contribution in [2.24, 2.45) is 0 Å². The molecule has 1 N–H and O–H groups in total. The predicted molar refractivity (Wildman–Crippen MR) is 77.8 cm³/mol. The van der Waals surface area contributed by atoms with Crippen LogP contribution in [-0.4, -0.2) is 26.1 Å². The summed E-state index contributed by atoms with van der Waals surface area (Å²) in [4.78, 5) is 12.0. The van der Waals surface area contributed by atoms with E-state index in [1.165, 1.54) is 23.1 Å². The number of benzene rings is 2. The van der Waals surface area contributed by atoms with Gasteiger partial charge in [-0.25, -0.2) is 13.5 Å². The summed E-state index contributed by atoms with van der Waals surface area (Å²) in [5.74, 6) is -2.44. The smallest absolute Gasteiger partial charge is 0.228 e. The highest BCUT2D eigenvalue weighted by Gasteiger charge is 2.12. The fourth-order valence-electron chi connectivity index (χ4n) is 2.07. The molecule has 3 aromatic rings. The molecule has 116 valence electrons. The zero-order chi connectivity index (χ0) is 16.2. The summed E-state index contributed by atoms with van der Waals surface area (Å²) in [7, 11) is 0. The zero-order valence-electron chi connectivity index (χ0n) is 11.8. The predicted octanol–water partition coefficient (Wildman–Crippen LogP) is 2.12. The summed E-state index contributed by atoms with van der Waals surface area (Å²) < 4.78 is 28.1. The minimum absolute atomic E-state index is 0.000805. The highest BCUT2D eigenvalue weighted by molar-refractivity contribution is 5.92. The maximum atomic E-state index is 13.6. The van der Waals surface area contributed by atoms with Gasteiger partial charge in [0.1, 0.15) is 6.33 Å². The van der Waals surface area contributed by atoms with Gasteiger partial charge in [-0.15, -0.1) is 5.10 Å². The molecule has 1 amide bonds. The first kappa shape index (κ1) is 14.8. The minimum atomic E-state index is -1.01. The molecular formula is C15H11F2N5O. The second-order valence-electron chi connectivity index (χ2n) is 4.74. The average Bonchev–Trinajstić information content (AvgIpc) is 3.06. The molecule has 0 fully saturated rings. The molecule has 2 aromatic carbocycles. The van der Waals surface area contributed by atoms with Gasteiger partial charge in [-0.2, -0.15) is 0 Å². The zero-order valence-corrected chi connectivity index (χ0v) is 11.8. The lowest BCUT2D eigenvalue weighted by Crippen LogP contribution is -2.15. The Morgan fingerprint density at radius 3 is 2.78 bits per heavy atom. The summed E-state index contributed by atoms with van der Waals surface area (Å²) in [5, 5.41) is 13.4.